The van der Waals surface area contributed by atoms with Gasteiger partial charge in [-0.15, -0.1) is 6.58 Å². The van der Waals surface area contributed by atoms with Crippen molar-refractivity contribution in [3.8, 4) is 0 Å². The van der Waals surface area contributed by atoms with E-state index in [4.69, 9.17) is 9.47 Å². The van der Waals surface area contributed by atoms with Crippen LogP contribution < -0.4 is 5.32 Å². The first kappa shape index (κ1) is 18.0. The second-order valence-electron chi connectivity index (χ2n) is 6.07. The number of methoxy groups -OCH3 is 1. The summed E-state index contributed by atoms with van der Waals surface area (Å²) in [5.74, 6) is -1.55. The van der Waals surface area contributed by atoms with Crippen LogP contribution in [-0.4, -0.2) is 43.9 Å². The van der Waals surface area contributed by atoms with Gasteiger partial charge in [0.2, 0.25) is 0 Å². The molecule has 2 atom stereocenters. The second-order valence-corrected chi connectivity index (χ2v) is 6.07. The van der Waals surface area contributed by atoms with Crippen LogP contribution in [0.1, 0.15) is 27.2 Å². The minimum atomic E-state index is -1.28. The Labute approximate surface area is 130 Å². The molecule has 0 saturated heterocycles. The van der Waals surface area contributed by atoms with Gasteiger partial charge in [-0.3, -0.25) is 9.59 Å². The Morgan fingerprint density at radius 2 is 1.95 bits per heavy atom. The number of alkyl carbamates (subject to hydrolysis) is 1. The lowest BCUT2D eigenvalue weighted by molar-refractivity contribution is -0.163. The quantitative estimate of drug-likeness (QED) is 0.262. The average molecular weight is 313 g/mol. The fraction of sp³-hybridized carbons (Fsp3) is 0.667. The number of amides is 1. The monoisotopic (exact) mass is 313 g/mol. The van der Waals surface area contributed by atoms with E-state index in [2.05, 4.69) is 16.6 Å². The second kappa shape index (κ2) is 6.81. The zero-order valence-electron chi connectivity index (χ0n) is 13.4. The third-order valence-electron chi connectivity index (χ3n) is 3.22. The van der Waals surface area contributed by atoms with Crippen LogP contribution in [0.4, 0.5) is 4.79 Å². The minimum Gasteiger partial charge on any atom is -0.468 e. The Bertz CT molecular complexity index is 467. The summed E-state index contributed by atoms with van der Waals surface area (Å²) < 4.78 is 14.7. The molecular weight excluding hydrogens is 290 g/mol. The van der Waals surface area contributed by atoms with Crippen LogP contribution in [0.5, 0.6) is 0 Å². The van der Waals surface area contributed by atoms with Gasteiger partial charge in [-0.1, -0.05) is 6.08 Å². The molecule has 0 bridgehead atoms. The van der Waals surface area contributed by atoms with Gasteiger partial charge >= 0.3 is 18.0 Å². The van der Waals surface area contributed by atoms with E-state index in [0.717, 1.165) is 0 Å². The molecule has 2 unspecified atom stereocenters. The predicted octanol–water partition coefficient (Wildman–Crippen LogP) is 1.42. The number of carbonyl (C=O) groups is 3. The highest BCUT2D eigenvalue weighted by atomic mass is 16.6. The van der Waals surface area contributed by atoms with Crippen LogP contribution in [0, 0.1) is 11.3 Å². The van der Waals surface area contributed by atoms with Crippen LogP contribution in [0.15, 0.2) is 12.7 Å². The van der Waals surface area contributed by atoms with Gasteiger partial charge in [0.25, 0.3) is 0 Å². The molecule has 1 rings (SSSR count). The summed E-state index contributed by atoms with van der Waals surface area (Å²) in [7, 11) is 1.22. The lowest BCUT2D eigenvalue weighted by Crippen LogP contribution is -2.36. The van der Waals surface area contributed by atoms with Gasteiger partial charge in [-0.2, -0.15) is 0 Å². The molecular formula is C15H23NO6. The lowest BCUT2D eigenvalue weighted by atomic mass is 10.0. The summed E-state index contributed by atoms with van der Waals surface area (Å²) in [6, 6.07) is 0. The maximum atomic E-state index is 12.1. The van der Waals surface area contributed by atoms with E-state index < -0.39 is 29.0 Å². The molecule has 1 fully saturated rings. The molecule has 1 saturated carbocycles. The first-order valence-electron chi connectivity index (χ1n) is 7.02. The highest BCUT2D eigenvalue weighted by Gasteiger charge is 2.66. The van der Waals surface area contributed by atoms with E-state index in [-0.39, 0.29) is 19.1 Å². The number of rotatable bonds is 6. The van der Waals surface area contributed by atoms with E-state index in [1.807, 2.05) is 0 Å². The van der Waals surface area contributed by atoms with Crippen LogP contribution in [-0.2, 0) is 23.8 Å². The highest BCUT2D eigenvalue weighted by Crippen LogP contribution is 2.55. The molecule has 1 aliphatic rings. The molecule has 22 heavy (non-hydrogen) atoms. The van der Waals surface area contributed by atoms with Crippen molar-refractivity contribution in [3.05, 3.63) is 12.7 Å². The maximum Gasteiger partial charge on any atom is 0.407 e. The number of ether oxygens (including phenoxy) is 3. The summed E-state index contributed by atoms with van der Waals surface area (Å²) in [6.07, 6.45) is 1.28. The molecule has 0 heterocycles. The fourth-order valence-corrected chi connectivity index (χ4v) is 2.05. The normalized spacial score (nSPS) is 23.2. The Morgan fingerprint density at radius 3 is 2.41 bits per heavy atom. The molecule has 7 heteroatoms. The van der Waals surface area contributed by atoms with Gasteiger partial charge < -0.3 is 19.5 Å². The topological polar surface area (TPSA) is 90.9 Å². The number of carbonyl (C=O) groups excluding carboxylic acids is 3. The Hall–Kier alpha value is -2.05. The number of nitrogens with one attached hydrogen (secondary N) is 1. The average Bonchev–Trinajstić information content (AvgIpc) is 3.16. The lowest BCUT2D eigenvalue weighted by Gasteiger charge is -2.19. The highest BCUT2D eigenvalue weighted by molar-refractivity contribution is 6.04. The molecule has 0 aromatic heterocycles. The van der Waals surface area contributed by atoms with Crippen LogP contribution >= 0.6 is 0 Å². The Morgan fingerprint density at radius 1 is 1.32 bits per heavy atom. The van der Waals surface area contributed by atoms with Gasteiger partial charge in [-0.05, 0) is 27.2 Å². The number of hydrogen-bond donors (Lipinski definition) is 1. The maximum absolute atomic E-state index is 12.1. The van der Waals surface area contributed by atoms with Gasteiger partial charge in [0, 0.05) is 5.92 Å². The number of allylic oxidation sites excluding steroid dienone is 1. The third-order valence-corrected chi connectivity index (χ3v) is 3.22. The Kier molecular flexibility index (Phi) is 5.57. The Balaban J connectivity index is 2.39. The summed E-state index contributed by atoms with van der Waals surface area (Å²) in [5, 5.41) is 2.46. The van der Waals surface area contributed by atoms with Crippen LogP contribution in [0.3, 0.4) is 0 Å². The SMILES string of the molecule is C=CC1CC1(C(=O)OC)C(=O)OCCNC(=O)OC(C)(C)C. The van der Waals surface area contributed by atoms with E-state index >= 15 is 0 Å². The molecule has 0 spiro atoms. The van der Waals surface area contributed by atoms with E-state index in [1.165, 1.54) is 13.2 Å². The molecule has 0 aromatic carbocycles. The van der Waals surface area contributed by atoms with Gasteiger partial charge in [-0.25, -0.2) is 4.79 Å². The minimum absolute atomic E-state index is 0.0549. The van der Waals surface area contributed by atoms with Crippen LogP contribution in [0.2, 0.25) is 0 Å². The molecule has 1 N–H and O–H groups in total. The van der Waals surface area contributed by atoms with E-state index in [9.17, 15) is 14.4 Å². The largest absolute Gasteiger partial charge is 0.468 e. The van der Waals surface area contributed by atoms with Crippen molar-refractivity contribution in [2.24, 2.45) is 11.3 Å². The van der Waals surface area contributed by atoms with Crippen molar-refractivity contribution >= 4 is 18.0 Å². The van der Waals surface area contributed by atoms with Crippen molar-refractivity contribution < 1.29 is 28.6 Å². The molecule has 0 radical (unpaired) electrons. The molecule has 1 aliphatic carbocycles. The molecule has 0 aliphatic heterocycles. The molecule has 7 nitrogen and oxygen atoms in total. The molecule has 0 aromatic rings. The van der Waals surface area contributed by atoms with Crippen molar-refractivity contribution in [1.82, 2.24) is 5.32 Å². The van der Waals surface area contributed by atoms with Crippen molar-refractivity contribution in [2.75, 3.05) is 20.3 Å². The summed E-state index contributed by atoms with van der Waals surface area (Å²) in [6.45, 7) is 8.86. The van der Waals surface area contributed by atoms with E-state index in [0.29, 0.717) is 6.42 Å². The summed E-state index contributed by atoms with van der Waals surface area (Å²) >= 11 is 0. The first-order valence-corrected chi connectivity index (χ1v) is 7.02. The zero-order chi connectivity index (χ0) is 17.0. The van der Waals surface area contributed by atoms with Gasteiger partial charge in [0.15, 0.2) is 5.41 Å². The standard InChI is InChI=1S/C15H23NO6/c1-6-10-9-15(10,11(17)20-5)12(18)21-8-7-16-13(19)22-14(2,3)4/h6,10H,1,7-9H2,2-5H3,(H,16,19). The third kappa shape index (κ3) is 4.22. The number of hydrogen-bond acceptors (Lipinski definition) is 6. The van der Waals surface area contributed by atoms with Crippen LogP contribution in [0.25, 0.3) is 0 Å². The summed E-state index contributed by atoms with van der Waals surface area (Å²) in [4.78, 5) is 35.2. The van der Waals surface area contributed by atoms with Crippen molar-refractivity contribution in [2.45, 2.75) is 32.8 Å². The number of esters is 2. The summed E-state index contributed by atoms with van der Waals surface area (Å²) in [5.41, 5.74) is -1.87. The van der Waals surface area contributed by atoms with Gasteiger partial charge in [0.05, 0.1) is 13.7 Å². The van der Waals surface area contributed by atoms with Crippen molar-refractivity contribution in [1.29, 1.82) is 0 Å². The zero-order valence-corrected chi connectivity index (χ0v) is 13.4. The molecule has 124 valence electrons. The predicted molar refractivity (Wildman–Crippen MR) is 77.9 cm³/mol. The van der Waals surface area contributed by atoms with Crippen molar-refractivity contribution in [3.63, 3.8) is 0 Å². The smallest absolute Gasteiger partial charge is 0.407 e. The first-order chi connectivity index (χ1) is 10.2. The molecule has 1 amide bonds. The van der Waals surface area contributed by atoms with Gasteiger partial charge in [0.1, 0.15) is 12.2 Å². The van der Waals surface area contributed by atoms with E-state index in [1.54, 1.807) is 20.8 Å². The fourth-order valence-electron chi connectivity index (χ4n) is 2.05.